The van der Waals surface area contributed by atoms with Crippen LogP contribution in [-0.2, 0) is 21.5 Å². The Labute approximate surface area is 179 Å². The predicted molar refractivity (Wildman–Crippen MR) is 115 cm³/mol. The Morgan fingerprint density at radius 3 is 2.10 bits per heavy atom. The van der Waals surface area contributed by atoms with Gasteiger partial charge < -0.3 is 9.08 Å². The molecule has 2 rings (SSSR count). The lowest BCUT2D eigenvalue weighted by molar-refractivity contribution is -0.134. The first-order chi connectivity index (χ1) is 13.9. The normalized spacial score (nSPS) is 12.1. The van der Waals surface area contributed by atoms with Crippen LogP contribution < -0.4 is 4.18 Å². The fourth-order valence-corrected chi connectivity index (χ4v) is 3.84. The van der Waals surface area contributed by atoms with Gasteiger partial charge in [-0.15, -0.1) is 0 Å². The van der Waals surface area contributed by atoms with E-state index in [0.29, 0.717) is 25.4 Å². The molecule has 0 aliphatic heterocycles. The summed E-state index contributed by atoms with van der Waals surface area (Å²) in [5.74, 6) is 0.0533. The Morgan fingerprint density at radius 1 is 1.03 bits per heavy atom. The van der Waals surface area contributed by atoms with E-state index < -0.39 is 15.9 Å². The summed E-state index contributed by atoms with van der Waals surface area (Å²) in [5.41, 5.74) is 0.781. The quantitative estimate of drug-likeness (QED) is 0.547. The smallest absolute Gasteiger partial charge is 0.339 e. The van der Waals surface area contributed by atoms with Gasteiger partial charge in [0, 0.05) is 19.5 Å². The average molecular weight is 436 g/mol. The van der Waals surface area contributed by atoms with Crippen LogP contribution in [0.2, 0.25) is 0 Å². The Hall–Kier alpha value is -2.41. The number of carbonyl (C=O) groups is 1. The monoisotopic (exact) mass is 435 g/mol. The molecule has 0 fully saturated rings. The third-order valence-corrected chi connectivity index (χ3v) is 5.49. The maximum Gasteiger partial charge on any atom is 0.339 e. The Kier molecular flexibility index (Phi) is 7.64. The van der Waals surface area contributed by atoms with Crippen molar-refractivity contribution >= 4 is 16.0 Å². The van der Waals surface area contributed by atoms with Crippen molar-refractivity contribution < 1.29 is 21.8 Å². The first-order valence-corrected chi connectivity index (χ1v) is 11.3. The van der Waals surface area contributed by atoms with Gasteiger partial charge in [-0.1, -0.05) is 46.8 Å². The van der Waals surface area contributed by atoms with Crippen molar-refractivity contribution in [1.82, 2.24) is 4.90 Å². The van der Waals surface area contributed by atoms with E-state index in [0.717, 1.165) is 29.8 Å². The second-order valence-corrected chi connectivity index (χ2v) is 10.6. The average Bonchev–Trinajstić information content (AvgIpc) is 2.61. The second kappa shape index (κ2) is 9.60. The summed E-state index contributed by atoms with van der Waals surface area (Å²) in [4.78, 5) is 14.4. The molecule has 0 unspecified atom stereocenters. The summed E-state index contributed by atoms with van der Waals surface area (Å²) in [7, 11) is -4.05. The summed E-state index contributed by atoms with van der Waals surface area (Å²) < 4.78 is 42.8. The lowest BCUT2D eigenvalue weighted by Gasteiger charge is -2.28. The molecule has 0 saturated heterocycles. The van der Waals surface area contributed by atoms with Gasteiger partial charge in [-0.25, -0.2) is 4.39 Å². The van der Waals surface area contributed by atoms with Crippen LogP contribution in [0.25, 0.3) is 0 Å². The van der Waals surface area contributed by atoms with Gasteiger partial charge in [-0.3, -0.25) is 4.79 Å². The SMILES string of the molecule is CC(C)CN(Cc1ccc(OS(=O)(=O)c2ccc(F)cc2)cc1)C(=O)CC(C)(C)C. The van der Waals surface area contributed by atoms with Crippen molar-refractivity contribution in [2.24, 2.45) is 11.3 Å². The minimum absolute atomic E-state index is 0.0930. The summed E-state index contributed by atoms with van der Waals surface area (Å²) in [5, 5.41) is 0. The van der Waals surface area contributed by atoms with E-state index >= 15 is 0 Å². The standard InChI is InChI=1S/C23H30FNO4S/c1-17(2)15-25(22(26)14-23(3,4)5)16-18-6-10-20(11-7-18)29-30(27,28)21-12-8-19(24)9-13-21/h6-13,17H,14-16H2,1-5H3. The molecular weight excluding hydrogens is 405 g/mol. The molecule has 0 saturated carbocycles. The van der Waals surface area contributed by atoms with E-state index in [1.165, 1.54) is 0 Å². The van der Waals surface area contributed by atoms with E-state index in [1.54, 1.807) is 24.3 Å². The maximum absolute atomic E-state index is 13.0. The van der Waals surface area contributed by atoms with Crippen LogP contribution in [0.4, 0.5) is 4.39 Å². The van der Waals surface area contributed by atoms with Crippen LogP contribution in [0.5, 0.6) is 5.75 Å². The molecule has 0 atom stereocenters. The molecule has 5 nitrogen and oxygen atoms in total. The number of nitrogens with zero attached hydrogens (tertiary/aromatic N) is 1. The summed E-state index contributed by atoms with van der Waals surface area (Å²) >= 11 is 0. The van der Waals surface area contributed by atoms with Crippen molar-refractivity contribution in [3.05, 3.63) is 59.9 Å². The molecule has 0 aromatic heterocycles. The van der Waals surface area contributed by atoms with Crippen molar-refractivity contribution in [3.63, 3.8) is 0 Å². The third-order valence-electron chi connectivity index (χ3n) is 4.22. The molecule has 0 bridgehead atoms. The fraction of sp³-hybridized carbons (Fsp3) is 0.435. The number of hydrogen-bond donors (Lipinski definition) is 0. The van der Waals surface area contributed by atoms with E-state index in [1.807, 2.05) is 25.7 Å². The van der Waals surface area contributed by atoms with Crippen LogP contribution in [0.3, 0.4) is 0 Å². The number of hydrogen-bond acceptors (Lipinski definition) is 4. The molecule has 0 radical (unpaired) electrons. The van der Waals surface area contributed by atoms with Gasteiger partial charge in [-0.2, -0.15) is 8.42 Å². The lowest BCUT2D eigenvalue weighted by atomic mass is 9.91. The molecule has 0 aliphatic rings. The molecule has 7 heteroatoms. The van der Waals surface area contributed by atoms with Gasteiger partial charge in [0.25, 0.3) is 0 Å². The molecule has 2 aromatic rings. The van der Waals surface area contributed by atoms with Crippen LogP contribution in [0, 0.1) is 17.2 Å². The molecule has 30 heavy (non-hydrogen) atoms. The number of benzene rings is 2. The molecule has 0 spiro atoms. The molecule has 0 N–H and O–H groups in total. The molecule has 0 aliphatic carbocycles. The van der Waals surface area contributed by atoms with Crippen molar-refractivity contribution in [3.8, 4) is 5.75 Å². The highest BCUT2D eigenvalue weighted by atomic mass is 32.2. The molecule has 2 aromatic carbocycles. The number of amides is 1. The summed E-state index contributed by atoms with van der Waals surface area (Å²) in [6.07, 6.45) is 0.455. The van der Waals surface area contributed by atoms with Crippen LogP contribution in [0.1, 0.15) is 46.6 Å². The van der Waals surface area contributed by atoms with Crippen LogP contribution >= 0.6 is 0 Å². The Morgan fingerprint density at radius 2 is 1.60 bits per heavy atom. The topological polar surface area (TPSA) is 63.7 Å². The molecule has 0 heterocycles. The molecule has 1 amide bonds. The first-order valence-electron chi connectivity index (χ1n) is 9.92. The number of rotatable bonds is 8. The zero-order chi connectivity index (χ0) is 22.5. The highest BCUT2D eigenvalue weighted by Crippen LogP contribution is 2.23. The van der Waals surface area contributed by atoms with E-state index in [-0.39, 0.29) is 22.0 Å². The zero-order valence-corrected chi connectivity index (χ0v) is 19.0. The Balaban J connectivity index is 2.11. The largest absolute Gasteiger partial charge is 0.379 e. The summed E-state index contributed by atoms with van der Waals surface area (Å²) in [6, 6.07) is 11.0. The van der Waals surface area contributed by atoms with E-state index in [9.17, 15) is 17.6 Å². The molecule has 164 valence electrons. The van der Waals surface area contributed by atoms with Crippen LogP contribution in [-0.4, -0.2) is 25.8 Å². The van der Waals surface area contributed by atoms with Gasteiger partial charge >= 0.3 is 10.1 Å². The minimum atomic E-state index is -4.05. The minimum Gasteiger partial charge on any atom is -0.379 e. The number of halogens is 1. The van der Waals surface area contributed by atoms with Gasteiger partial charge in [-0.05, 0) is 53.3 Å². The van der Waals surface area contributed by atoms with Gasteiger partial charge in [0.2, 0.25) is 5.91 Å². The highest BCUT2D eigenvalue weighted by Gasteiger charge is 2.22. The predicted octanol–water partition coefficient (Wildman–Crippen LogP) is 5.01. The van der Waals surface area contributed by atoms with Crippen LogP contribution in [0.15, 0.2) is 53.4 Å². The highest BCUT2D eigenvalue weighted by molar-refractivity contribution is 7.87. The first kappa shape index (κ1) is 23.9. The molecular formula is C23H30FNO4S. The van der Waals surface area contributed by atoms with Crippen molar-refractivity contribution in [1.29, 1.82) is 0 Å². The van der Waals surface area contributed by atoms with Crippen molar-refractivity contribution in [2.45, 2.75) is 52.5 Å². The van der Waals surface area contributed by atoms with E-state index in [4.69, 9.17) is 4.18 Å². The van der Waals surface area contributed by atoms with E-state index in [2.05, 4.69) is 13.8 Å². The lowest BCUT2D eigenvalue weighted by Crippen LogP contribution is -2.35. The van der Waals surface area contributed by atoms with Gasteiger partial charge in [0.15, 0.2) is 0 Å². The summed E-state index contributed by atoms with van der Waals surface area (Å²) in [6.45, 7) is 11.3. The number of carbonyl (C=O) groups excluding carboxylic acids is 1. The fourth-order valence-electron chi connectivity index (χ4n) is 2.91. The third kappa shape index (κ3) is 7.44. The van der Waals surface area contributed by atoms with Gasteiger partial charge in [0.05, 0.1) is 0 Å². The van der Waals surface area contributed by atoms with Gasteiger partial charge in [0.1, 0.15) is 16.5 Å². The zero-order valence-electron chi connectivity index (χ0n) is 18.2. The maximum atomic E-state index is 13.0. The Bertz CT molecular complexity index is 946. The van der Waals surface area contributed by atoms with Crippen molar-refractivity contribution in [2.75, 3.05) is 6.54 Å². The second-order valence-electron chi connectivity index (χ2n) is 9.04.